The van der Waals surface area contributed by atoms with Gasteiger partial charge in [0.15, 0.2) is 12.6 Å². The standard InChI is InChI=1S/C41H70O14/c1-19(8-9-25(46)37(4,5)55-34-31(50)28(47)22(45)17-52-34)27-21(44)15-39(7)33-20(43)14-24-36(2,3)26(54-35-32(51)30(49)29(48)23(16-42)53-35)10-11-40(24)18-41(33,40)13-12-38(27,39)6/h19-35,42-51H,8-18H2,1-7H3/t19-,20+,21+,22-,23-,24+,25-,26+,27+,28+,29-,30+,31-,32-,33+,34+,35+,38-,39+,40-,41+/m1/s1. The van der Waals surface area contributed by atoms with Crippen LogP contribution in [0.3, 0.4) is 0 Å². The fraction of sp³-hybridized carbons (Fsp3) is 1.00. The zero-order valence-corrected chi connectivity index (χ0v) is 33.7. The maximum absolute atomic E-state index is 12.4. The van der Waals surface area contributed by atoms with E-state index in [0.717, 1.165) is 25.7 Å². The van der Waals surface area contributed by atoms with Crippen molar-refractivity contribution in [1.29, 1.82) is 0 Å². The third-order valence-electron chi connectivity index (χ3n) is 17.4. The quantitative estimate of drug-likeness (QED) is 0.136. The van der Waals surface area contributed by atoms with Gasteiger partial charge in [0.25, 0.3) is 0 Å². The van der Waals surface area contributed by atoms with Crippen LogP contribution in [0.1, 0.15) is 106 Å². The van der Waals surface area contributed by atoms with Gasteiger partial charge in [-0.15, -0.1) is 0 Å². The first kappa shape index (κ1) is 42.6. The summed E-state index contributed by atoms with van der Waals surface area (Å²) in [6.07, 6.45) is -7.80. The van der Waals surface area contributed by atoms with Crippen molar-refractivity contribution < 1.29 is 70.0 Å². The maximum atomic E-state index is 12.4. The second-order valence-electron chi connectivity index (χ2n) is 20.7. The van der Waals surface area contributed by atoms with Crippen LogP contribution < -0.4 is 0 Å². The van der Waals surface area contributed by atoms with E-state index in [1.807, 2.05) is 0 Å². The van der Waals surface area contributed by atoms with Crippen molar-refractivity contribution in [3.8, 4) is 0 Å². The molecular formula is C41H70O14. The maximum Gasteiger partial charge on any atom is 0.186 e. The van der Waals surface area contributed by atoms with Crippen LogP contribution in [0.2, 0.25) is 0 Å². The van der Waals surface area contributed by atoms with Gasteiger partial charge < -0.3 is 70.0 Å². The highest BCUT2D eigenvalue weighted by molar-refractivity contribution is 5.32. The molecule has 14 heteroatoms. The lowest BCUT2D eigenvalue weighted by Gasteiger charge is -2.64. The molecule has 0 aromatic carbocycles. The van der Waals surface area contributed by atoms with E-state index in [0.29, 0.717) is 32.1 Å². The topological polar surface area (TPSA) is 239 Å². The minimum atomic E-state index is -1.52. The molecule has 318 valence electrons. The van der Waals surface area contributed by atoms with E-state index in [2.05, 4.69) is 34.6 Å². The van der Waals surface area contributed by atoms with Crippen LogP contribution in [0.15, 0.2) is 0 Å². The molecule has 21 atom stereocenters. The molecular weight excluding hydrogens is 716 g/mol. The first-order valence-corrected chi connectivity index (χ1v) is 20.9. The van der Waals surface area contributed by atoms with E-state index in [1.54, 1.807) is 13.8 Å². The van der Waals surface area contributed by atoms with E-state index >= 15 is 0 Å². The second-order valence-corrected chi connectivity index (χ2v) is 20.7. The first-order valence-electron chi connectivity index (χ1n) is 20.9. The Bertz CT molecular complexity index is 1400. The Morgan fingerprint density at radius 1 is 0.764 bits per heavy atom. The number of fused-ring (bicyclic) bond motifs is 2. The van der Waals surface area contributed by atoms with Crippen molar-refractivity contribution in [1.82, 2.24) is 0 Å². The van der Waals surface area contributed by atoms with Crippen LogP contribution in [0.25, 0.3) is 0 Å². The first-order chi connectivity index (χ1) is 25.5. The van der Waals surface area contributed by atoms with Crippen LogP contribution in [-0.4, -0.2) is 150 Å². The molecule has 5 aliphatic carbocycles. The van der Waals surface area contributed by atoms with Gasteiger partial charge in [0.2, 0.25) is 0 Å². The van der Waals surface area contributed by atoms with E-state index in [4.69, 9.17) is 18.9 Å². The molecule has 14 nitrogen and oxygen atoms in total. The van der Waals surface area contributed by atoms with Crippen molar-refractivity contribution in [2.75, 3.05) is 13.2 Å². The Morgan fingerprint density at radius 2 is 1.44 bits per heavy atom. The van der Waals surface area contributed by atoms with Gasteiger partial charge in [-0.2, -0.15) is 0 Å². The molecule has 55 heavy (non-hydrogen) atoms. The Balaban J connectivity index is 1.04. The summed E-state index contributed by atoms with van der Waals surface area (Å²) in [5.74, 6) is 0.133. The Kier molecular flexibility index (Phi) is 11.1. The van der Waals surface area contributed by atoms with Crippen molar-refractivity contribution >= 4 is 0 Å². The van der Waals surface area contributed by atoms with E-state index in [1.165, 1.54) is 0 Å². The minimum Gasteiger partial charge on any atom is -0.394 e. The zero-order valence-electron chi connectivity index (χ0n) is 33.7. The summed E-state index contributed by atoms with van der Waals surface area (Å²) in [7, 11) is 0. The van der Waals surface area contributed by atoms with Crippen LogP contribution >= 0.6 is 0 Å². The molecule has 0 aromatic heterocycles. The summed E-state index contributed by atoms with van der Waals surface area (Å²) in [6.45, 7) is 13.8. The van der Waals surface area contributed by atoms with E-state index < -0.39 is 91.2 Å². The summed E-state index contributed by atoms with van der Waals surface area (Å²) in [4.78, 5) is 0. The van der Waals surface area contributed by atoms with Gasteiger partial charge in [0.05, 0.1) is 43.2 Å². The fourth-order valence-corrected chi connectivity index (χ4v) is 14.2. The lowest BCUT2D eigenvalue weighted by Crippen LogP contribution is -2.63. The molecule has 7 fully saturated rings. The lowest BCUT2D eigenvalue weighted by atomic mass is 9.41. The molecule has 0 amide bonds. The molecule has 2 aliphatic heterocycles. The summed E-state index contributed by atoms with van der Waals surface area (Å²) in [6, 6.07) is 0. The van der Waals surface area contributed by atoms with Gasteiger partial charge in [-0.05, 0) is 122 Å². The van der Waals surface area contributed by atoms with Crippen molar-refractivity contribution in [2.24, 2.45) is 50.7 Å². The normalized spacial score (nSPS) is 54.4. The molecule has 7 aliphatic rings. The van der Waals surface area contributed by atoms with Crippen LogP contribution in [0.5, 0.6) is 0 Å². The van der Waals surface area contributed by atoms with Gasteiger partial charge in [0.1, 0.15) is 42.7 Å². The highest BCUT2D eigenvalue weighted by Crippen LogP contribution is 2.89. The highest BCUT2D eigenvalue weighted by Gasteiger charge is 2.84. The van der Waals surface area contributed by atoms with Gasteiger partial charge in [-0.1, -0.05) is 34.6 Å². The lowest BCUT2D eigenvalue weighted by molar-refractivity contribution is -0.327. The van der Waals surface area contributed by atoms with Crippen LogP contribution in [0, 0.1) is 50.7 Å². The molecule has 10 N–H and O–H groups in total. The monoisotopic (exact) mass is 786 g/mol. The predicted octanol–water partition coefficient (Wildman–Crippen LogP) is 0.564. The average Bonchev–Trinajstić information content (AvgIpc) is 3.71. The second kappa shape index (κ2) is 14.3. The fourth-order valence-electron chi connectivity index (χ4n) is 14.2. The predicted molar refractivity (Wildman–Crippen MR) is 196 cm³/mol. The molecule has 0 bridgehead atoms. The van der Waals surface area contributed by atoms with Crippen molar-refractivity contribution in [2.45, 2.75) is 192 Å². The summed E-state index contributed by atoms with van der Waals surface area (Å²) < 4.78 is 23.6. The Labute approximate surface area is 325 Å². The van der Waals surface area contributed by atoms with Crippen molar-refractivity contribution in [3.05, 3.63) is 0 Å². The number of hydrogen-bond donors (Lipinski definition) is 10. The summed E-state index contributed by atoms with van der Waals surface area (Å²) in [5.41, 5.74) is -2.19. The van der Waals surface area contributed by atoms with Crippen molar-refractivity contribution in [3.63, 3.8) is 0 Å². The number of rotatable bonds is 10. The number of aliphatic hydroxyl groups excluding tert-OH is 10. The minimum absolute atomic E-state index is 0.00802. The van der Waals surface area contributed by atoms with Gasteiger partial charge in [-0.3, -0.25) is 0 Å². The van der Waals surface area contributed by atoms with Crippen LogP contribution in [-0.2, 0) is 18.9 Å². The largest absolute Gasteiger partial charge is 0.394 e. The third kappa shape index (κ3) is 6.25. The molecule has 5 saturated carbocycles. The number of aliphatic hydroxyl groups is 10. The smallest absolute Gasteiger partial charge is 0.186 e. The molecule has 2 saturated heterocycles. The average molecular weight is 787 g/mol. The molecule has 2 heterocycles. The van der Waals surface area contributed by atoms with E-state index in [9.17, 15) is 51.1 Å². The van der Waals surface area contributed by atoms with E-state index in [-0.39, 0.29) is 58.0 Å². The SMILES string of the molecule is C[C@H](CC[C@@H](O)C(C)(C)O[C@@H]1OC[C@@H](O)[C@H](O)[C@H]1O)[C@H]1[C@@H](O)C[C@@]2(C)[C@@H]3[C@@H](O)C[C@H]4C(C)(C)[C@@H](O[C@@H]5O[C@H](CO)[C@@H](O)[C@H](O)[C@H]5O)CC[C@@]45C[C@@]35CC[C@]12C. The Morgan fingerprint density at radius 3 is 2.11 bits per heavy atom. The molecule has 0 radical (unpaired) electrons. The third-order valence-corrected chi connectivity index (χ3v) is 17.4. The summed E-state index contributed by atoms with van der Waals surface area (Å²) >= 11 is 0. The number of hydrogen-bond acceptors (Lipinski definition) is 14. The van der Waals surface area contributed by atoms with Gasteiger partial charge in [-0.25, -0.2) is 0 Å². The summed E-state index contributed by atoms with van der Waals surface area (Å²) in [5, 5.41) is 107. The number of ether oxygens (including phenoxy) is 4. The van der Waals surface area contributed by atoms with Gasteiger partial charge >= 0.3 is 0 Å². The molecule has 2 spiro atoms. The molecule has 0 unspecified atom stereocenters. The highest BCUT2D eigenvalue weighted by atomic mass is 16.7. The Hall–Kier alpha value is -0.560. The van der Waals surface area contributed by atoms with Gasteiger partial charge in [0, 0.05) is 0 Å². The molecule has 7 rings (SSSR count). The molecule has 0 aromatic rings. The zero-order chi connectivity index (χ0) is 40.4. The van der Waals surface area contributed by atoms with Crippen LogP contribution in [0.4, 0.5) is 0 Å².